The number of aryl methyl sites for hydroxylation is 1. The van der Waals surface area contributed by atoms with Crippen molar-refractivity contribution in [1.82, 2.24) is 9.97 Å². The number of rotatable bonds is 6. The highest BCUT2D eigenvalue weighted by molar-refractivity contribution is 5.88. The molecule has 4 heteroatoms. The largest absolute Gasteiger partial charge is 0.478 e. The standard InChI is InChI=1S/C16H16N2O2/c1-2-3-4-5-15-17-11-10-14(18-15)12-6-8-13(9-7-12)16(19)20/h2,6-11H,1,3-5H2,(H,19,20). The molecule has 20 heavy (non-hydrogen) atoms. The fourth-order valence-corrected chi connectivity index (χ4v) is 1.87. The van der Waals surface area contributed by atoms with Crippen LogP contribution in [0.3, 0.4) is 0 Å². The number of hydrogen-bond donors (Lipinski definition) is 1. The van der Waals surface area contributed by atoms with Gasteiger partial charge in [-0.2, -0.15) is 0 Å². The number of hydrogen-bond acceptors (Lipinski definition) is 3. The van der Waals surface area contributed by atoms with Crippen LogP contribution >= 0.6 is 0 Å². The van der Waals surface area contributed by atoms with Gasteiger partial charge in [0.25, 0.3) is 0 Å². The minimum absolute atomic E-state index is 0.272. The number of aromatic nitrogens is 2. The summed E-state index contributed by atoms with van der Waals surface area (Å²) in [6, 6.07) is 8.51. The minimum Gasteiger partial charge on any atom is -0.478 e. The Hall–Kier alpha value is -2.49. The predicted molar refractivity (Wildman–Crippen MR) is 77.6 cm³/mol. The van der Waals surface area contributed by atoms with Crippen LogP contribution in [0.15, 0.2) is 49.2 Å². The number of benzene rings is 1. The molecule has 2 rings (SSSR count). The van der Waals surface area contributed by atoms with Crippen LogP contribution in [0.2, 0.25) is 0 Å². The van der Waals surface area contributed by atoms with Crippen molar-refractivity contribution in [3.05, 3.63) is 60.6 Å². The van der Waals surface area contributed by atoms with Crippen molar-refractivity contribution < 1.29 is 9.90 Å². The van der Waals surface area contributed by atoms with Crippen molar-refractivity contribution in [3.63, 3.8) is 0 Å². The molecule has 1 aromatic carbocycles. The number of carbonyl (C=O) groups is 1. The SMILES string of the molecule is C=CCCCc1nccc(-c2ccc(C(=O)O)cc2)n1. The molecule has 0 atom stereocenters. The first-order valence-electron chi connectivity index (χ1n) is 6.47. The van der Waals surface area contributed by atoms with E-state index in [0.29, 0.717) is 0 Å². The Bertz CT molecular complexity index is 606. The van der Waals surface area contributed by atoms with E-state index in [-0.39, 0.29) is 5.56 Å². The maximum Gasteiger partial charge on any atom is 0.335 e. The third-order valence-corrected chi connectivity index (χ3v) is 2.94. The molecule has 0 aliphatic heterocycles. The number of carboxylic acids is 1. The highest BCUT2D eigenvalue weighted by Gasteiger charge is 2.05. The number of carboxylic acid groups (broad SMARTS) is 1. The fourth-order valence-electron chi connectivity index (χ4n) is 1.87. The molecule has 0 aliphatic rings. The molecule has 2 aromatic rings. The monoisotopic (exact) mass is 268 g/mol. The molecule has 1 heterocycles. The fraction of sp³-hybridized carbons (Fsp3) is 0.188. The van der Waals surface area contributed by atoms with Crippen LogP contribution in [0.5, 0.6) is 0 Å². The van der Waals surface area contributed by atoms with E-state index in [1.54, 1.807) is 30.5 Å². The second kappa shape index (κ2) is 6.61. The molecule has 1 N–H and O–H groups in total. The Morgan fingerprint density at radius 1 is 1.25 bits per heavy atom. The van der Waals surface area contributed by atoms with E-state index in [1.165, 1.54) is 0 Å². The van der Waals surface area contributed by atoms with Gasteiger partial charge in [-0.1, -0.05) is 18.2 Å². The smallest absolute Gasteiger partial charge is 0.335 e. The third-order valence-electron chi connectivity index (χ3n) is 2.94. The van der Waals surface area contributed by atoms with Gasteiger partial charge in [0.15, 0.2) is 0 Å². The predicted octanol–water partition coefficient (Wildman–Crippen LogP) is 3.35. The Morgan fingerprint density at radius 3 is 2.65 bits per heavy atom. The van der Waals surface area contributed by atoms with Crippen molar-refractivity contribution >= 4 is 5.97 Å². The van der Waals surface area contributed by atoms with E-state index in [1.807, 2.05) is 12.1 Å². The van der Waals surface area contributed by atoms with Gasteiger partial charge in [-0.15, -0.1) is 6.58 Å². The lowest BCUT2D eigenvalue weighted by atomic mass is 10.1. The molecule has 102 valence electrons. The van der Waals surface area contributed by atoms with Gasteiger partial charge in [0.2, 0.25) is 0 Å². The second-order valence-corrected chi connectivity index (χ2v) is 4.42. The zero-order valence-electron chi connectivity index (χ0n) is 11.1. The van der Waals surface area contributed by atoms with Gasteiger partial charge >= 0.3 is 5.97 Å². The first-order chi connectivity index (χ1) is 9.70. The summed E-state index contributed by atoms with van der Waals surface area (Å²) in [6.07, 6.45) is 6.35. The molecule has 0 fully saturated rings. The van der Waals surface area contributed by atoms with E-state index in [9.17, 15) is 4.79 Å². The van der Waals surface area contributed by atoms with Crippen molar-refractivity contribution in [2.45, 2.75) is 19.3 Å². The molecule has 1 aromatic heterocycles. The van der Waals surface area contributed by atoms with Crippen LogP contribution in [0, 0.1) is 0 Å². The summed E-state index contributed by atoms with van der Waals surface area (Å²) in [6.45, 7) is 3.69. The highest BCUT2D eigenvalue weighted by atomic mass is 16.4. The molecule has 0 amide bonds. The maximum absolute atomic E-state index is 10.8. The van der Waals surface area contributed by atoms with Crippen molar-refractivity contribution in [2.75, 3.05) is 0 Å². The van der Waals surface area contributed by atoms with Gasteiger partial charge in [0.05, 0.1) is 11.3 Å². The van der Waals surface area contributed by atoms with Gasteiger partial charge in [-0.3, -0.25) is 0 Å². The molecule has 0 radical (unpaired) electrons. The van der Waals surface area contributed by atoms with Gasteiger partial charge in [0, 0.05) is 18.2 Å². The van der Waals surface area contributed by atoms with Crippen molar-refractivity contribution in [3.8, 4) is 11.3 Å². The Morgan fingerprint density at radius 2 is 2.00 bits per heavy atom. The lowest BCUT2D eigenvalue weighted by molar-refractivity contribution is 0.0697. The van der Waals surface area contributed by atoms with Crippen molar-refractivity contribution in [1.29, 1.82) is 0 Å². The van der Waals surface area contributed by atoms with E-state index < -0.39 is 5.97 Å². The van der Waals surface area contributed by atoms with E-state index in [4.69, 9.17) is 5.11 Å². The summed E-state index contributed by atoms with van der Waals surface area (Å²) in [5.74, 6) is -0.129. The van der Waals surface area contributed by atoms with Crippen LogP contribution < -0.4 is 0 Å². The van der Waals surface area contributed by atoms with Gasteiger partial charge in [0.1, 0.15) is 5.82 Å². The maximum atomic E-state index is 10.8. The zero-order chi connectivity index (χ0) is 14.4. The average Bonchev–Trinajstić information content (AvgIpc) is 2.48. The Kier molecular flexibility index (Phi) is 4.60. The summed E-state index contributed by atoms with van der Waals surface area (Å²) in [7, 11) is 0. The number of nitrogens with zero attached hydrogens (tertiary/aromatic N) is 2. The van der Waals surface area contributed by atoms with Crippen LogP contribution in [0.25, 0.3) is 11.3 Å². The summed E-state index contributed by atoms with van der Waals surface area (Å²) in [5, 5.41) is 8.88. The molecule has 0 saturated carbocycles. The van der Waals surface area contributed by atoms with Gasteiger partial charge in [-0.25, -0.2) is 14.8 Å². The molecule has 0 saturated heterocycles. The molecule has 0 spiro atoms. The Labute approximate surface area is 117 Å². The van der Waals surface area contributed by atoms with Crippen molar-refractivity contribution in [2.24, 2.45) is 0 Å². The average molecular weight is 268 g/mol. The normalized spacial score (nSPS) is 10.2. The number of unbranched alkanes of at least 4 members (excludes halogenated alkanes) is 1. The zero-order valence-corrected chi connectivity index (χ0v) is 11.1. The van der Waals surface area contributed by atoms with Gasteiger partial charge in [-0.05, 0) is 31.0 Å². The first-order valence-corrected chi connectivity index (χ1v) is 6.47. The number of aromatic carboxylic acids is 1. The molecular formula is C16H16N2O2. The number of allylic oxidation sites excluding steroid dienone is 1. The van der Waals surface area contributed by atoms with E-state index in [0.717, 1.165) is 36.3 Å². The van der Waals surface area contributed by atoms with Crippen LogP contribution in [-0.4, -0.2) is 21.0 Å². The molecular weight excluding hydrogens is 252 g/mol. The first kappa shape index (κ1) is 13.9. The van der Waals surface area contributed by atoms with E-state index in [2.05, 4.69) is 16.5 Å². The van der Waals surface area contributed by atoms with Crippen LogP contribution in [0.4, 0.5) is 0 Å². The lowest BCUT2D eigenvalue weighted by Crippen LogP contribution is -1.98. The molecule has 4 nitrogen and oxygen atoms in total. The topological polar surface area (TPSA) is 63.1 Å². The summed E-state index contributed by atoms with van der Waals surface area (Å²) in [5.41, 5.74) is 1.97. The van der Waals surface area contributed by atoms with Crippen LogP contribution in [0.1, 0.15) is 29.0 Å². The molecule has 0 bridgehead atoms. The Balaban J connectivity index is 2.17. The third kappa shape index (κ3) is 3.51. The highest BCUT2D eigenvalue weighted by Crippen LogP contribution is 2.17. The minimum atomic E-state index is -0.927. The molecule has 0 aliphatic carbocycles. The summed E-state index contributed by atoms with van der Waals surface area (Å²) in [4.78, 5) is 19.6. The summed E-state index contributed by atoms with van der Waals surface area (Å²) >= 11 is 0. The summed E-state index contributed by atoms with van der Waals surface area (Å²) < 4.78 is 0. The quantitative estimate of drug-likeness (QED) is 0.644. The second-order valence-electron chi connectivity index (χ2n) is 4.42. The molecule has 0 unspecified atom stereocenters. The van der Waals surface area contributed by atoms with E-state index >= 15 is 0 Å². The lowest BCUT2D eigenvalue weighted by Gasteiger charge is -2.04. The van der Waals surface area contributed by atoms with Crippen LogP contribution in [-0.2, 0) is 6.42 Å². The van der Waals surface area contributed by atoms with Gasteiger partial charge < -0.3 is 5.11 Å².